The lowest BCUT2D eigenvalue weighted by molar-refractivity contribution is 0.301. The van der Waals surface area contributed by atoms with Gasteiger partial charge in [0.25, 0.3) is 0 Å². The molecule has 0 aliphatic heterocycles. The molecule has 0 bridgehead atoms. The number of hydrogen-bond acceptors (Lipinski definition) is 5. The largest absolute Gasteiger partial charge is 0.493 e. The van der Waals surface area contributed by atoms with Crippen molar-refractivity contribution in [1.82, 2.24) is 10.3 Å². The molecule has 156 valence electrons. The Labute approximate surface area is 176 Å². The third kappa shape index (κ3) is 5.88. The summed E-state index contributed by atoms with van der Waals surface area (Å²) in [6.07, 6.45) is 1.76. The molecule has 0 aliphatic rings. The van der Waals surface area contributed by atoms with Crippen molar-refractivity contribution in [2.24, 2.45) is 4.99 Å². The second kappa shape index (κ2) is 10.7. The summed E-state index contributed by atoms with van der Waals surface area (Å²) in [6, 6.07) is 19.3. The number of ether oxygens (including phenoxy) is 3. The Hall–Kier alpha value is -3.74. The number of nitrogens with one attached hydrogen (secondary N) is 2. The van der Waals surface area contributed by atoms with Crippen molar-refractivity contribution >= 4 is 11.6 Å². The molecule has 0 saturated carbocycles. The molecule has 1 heterocycles. The van der Waals surface area contributed by atoms with E-state index in [2.05, 4.69) is 20.6 Å². The zero-order chi connectivity index (χ0) is 21.2. The van der Waals surface area contributed by atoms with Gasteiger partial charge in [-0.3, -0.25) is 9.98 Å². The number of guanidine groups is 1. The number of pyridine rings is 1. The molecule has 2 N–H and O–H groups in total. The van der Waals surface area contributed by atoms with Gasteiger partial charge >= 0.3 is 0 Å². The molecule has 0 saturated heterocycles. The van der Waals surface area contributed by atoms with Crippen LogP contribution in [0.25, 0.3) is 0 Å². The summed E-state index contributed by atoms with van der Waals surface area (Å²) < 4.78 is 16.5. The summed E-state index contributed by atoms with van der Waals surface area (Å²) in [5, 5.41) is 6.55. The Kier molecular flexibility index (Phi) is 7.49. The SMILES string of the molecule is CN=C(NCc1cccc(OCc2ccccn2)c1)Nc1ccc(OC)c(OC)c1. The zero-order valence-corrected chi connectivity index (χ0v) is 17.4. The van der Waals surface area contributed by atoms with Gasteiger partial charge in [0.2, 0.25) is 0 Å². The van der Waals surface area contributed by atoms with Gasteiger partial charge in [-0.15, -0.1) is 0 Å². The monoisotopic (exact) mass is 406 g/mol. The fraction of sp³-hybridized carbons (Fsp3) is 0.217. The number of rotatable bonds is 8. The van der Waals surface area contributed by atoms with Crippen molar-refractivity contribution in [2.75, 3.05) is 26.6 Å². The van der Waals surface area contributed by atoms with Crippen LogP contribution in [0.5, 0.6) is 17.2 Å². The van der Waals surface area contributed by atoms with Crippen LogP contribution in [0.1, 0.15) is 11.3 Å². The standard InChI is InChI=1S/C23H26N4O3/c1-24-23(27-18-10-11-21(28-2)22(14-18)29-3)26-15-17-7-6-9-20(13-17)30-16-19-8-4-5-12-25-19/h4-14H,15-16H2,1-3H3,(H2,24,26,27). The smallest absolute Gasteiger partial charge is 0.195 e. The highest BCUT2D eigenvalue weighted by atomic mass is 16.5. The Morgan fingerprint density at radius 2 is 1.83 bits per heavy atom. The van der Waals surface area contributed by atoms with E-state index in [-0.39, 0.29) is 0 Å². The second-order valence-corrected chi connectivity index (χ2v) is 6.38. The van der Waals surface area contributed by atoms with Crippen LogP contribution in [-0.4, -0.2) is 32.2 Å². The van der Waals surface area contributed by atoms with Crippen molar-refractivity contribution in [3.8, 4) is 17.2 Å². The average molecular weight is 406 g/mol. The number of benzene rings is 2. The van der Waals surface area contributed by atoms with E-state index in [0.717, 1.165) is 22.7 Å². The van der Waals surface area contributed by atoms with Gasteiger partial charge in [0.1, 0.15) is 12.4 Å². The molecule has 0 unspecified atom stereocenters. The number of hydrogen-bond donors (Lipinski definition) is 2. The lowest BCUT2D eigenvalue weighted by atomic mass is 10.2. The Morgan fingerprint density at radius 3 is 2.57 bits per heavy atom. The molecule has 2 aromatic carbocycles. The molecule has 7 nitrogen and oxygen atoms in total. The van der Waals surface area contributed by atoms with E-state index in [1.54, 1.807) is 27.5 Å². The fourth-order valence-corrected chi connectivity index (χ4v) is 2.80. The summed E-state index contributed by atoms with van der Waals surface area (Å²) in [7, 11) is 4.94. The van der Waals surface area contributed by atoms with Gasteiger partial charge in [-0.1, -0.05) is 18.2 Å². The fourth-order valence-electron chi connectivity index (χ4n) is 2.80. The molecule has 0 spiro atoms. The lowest BCUT2D eigenvalue weighted by Crippen LogP contribution is -2.30. The van der Waals surface area contributed by atoms with E-state index in [0.29, 0.717) is 30.6 Å². The molecule has 3 aromatic rings. The Bertz CT molecular complexity index is 977. The predicted molar refractivity (Wildman–Crippen MR) is 118 cm³/mol. The van der Waals surface area contributed by atoms with Crippen molar-refractivity contribution < 1.29 is 14.2 Å². The van der Waals surface area contributed by atoms with Gasteiger partial charge in [0, 0.05) is 31.5 Å². The topological polar surface area (TPSA) is 77.0 Å². The van der Waals surface area contributed by atoms with Gasteiger partial charge < -0.3 is 24.8 Å². The maximum absolute atomic E-state index is 5.85. The molecule has 7 heteroatoms. The normalized spacial score (nSPS) is 11.0. The number of nitrogens with zero attached hydrogens (tertiary/aromatic N) is 2. The molecular formula is C23H26N4O3. The van der Waals surface area contributed by atoms with Gasteiger partial charge in [0.15, 0.2) is 17.5 Å². The molecule has 0 atom stereocenters. The summed E-state index contributed by atoms with van der Waals surface area (Å²) in [6.45, 7) is 1.02. The minimum absolute atomic E-state index is 0.431. The molecule has 0 radical (unpaired) electrons. The van der Waals surface area contributed by atoms with Gasteiger partial charge in [-0.25, -0.2) is 0 Å². The second-order valence-electron chi connectivity index (χ2n) is 6.38. The van der Waals surface area contributed by atoms with Crippen LogP contribution < -0.4 is 24.8 Å². The van der Waals surface area contributed by atoms with Crippen LogP contribution in [0.3, 0.4) is 0 Å². The maximum Gasteiger partial charge on any atom is 0.195 e. The quantitative estimate of drug-likeness (QED) is 0.437. The number of aliphatic imine (C=N–C) groups is 1. The van der Waals surface area contributed by atoms with Crippen molar-refractivity contribution in [2.45, 2.75) is 13.2 Å². The predicted octanol–water partition coefficient (Wildman–Crippen LogP) is 3.87. The van der Waals surface area contributed by atoms with Crippen molar-refractivity contribution in [1.29, 1.82) is 0 Å². The summed E-state index contributed by atoms with van der Waals surface area (Å²) in [4.78, 5) is 8.55. The Morgan fingerprint density at radius 1 is 0.967 bits per heavy atom. The lowest BCUT2D eigenvalue weighted by Gasteiger charge is -2.14. The van der Waals surface area contributed by atoms with Gasteiger partial charge in [-0.05, 0) is 42.0 Å². The van der Waals surface area contributed by atoms with E-state index in [1.165, 1.54) is 0 Å². The summed E-state index contributed by atoms with van der Waals surface area (Å²) in [5.74, 6) is 2.76. The van der Waals surface area contributed by atoms with Crippen molar-refractivity contribution in [3.63, 3.8) is 0 Å². The van der Waals surface area contributed by atoms with Crippen LogP contribution >= 0.6 is 0 Å². The first-order valence-electron chi connectivity index (χ1n) is 9.53. The molecule has 3 rings (SSSR count). The van der Waals surface area contributed by atoms with Gasteiger partial charge in [-0.2, -0.15) is 0 Å². The van der Waals surface area contributed by atoms with E-state index in [9.17, 15) is 0 Å². The van der Waals surface area contributed by atoms with Crippen LogP contribution in [0.15, 0.2) is 71.9 Å². The van der Waals surface area contributed by atoms with E-state index in [4.69, 9.17) is 14.2 Å². The molecule has 1 aromatic heterocycles. The third-order valence-electron chi connectivity index (χ3n) is 4.34. The highest BCUT2D eigenvalue weighted by molar-refractivity contribution is 5.93. The van der Waals surface area contributed by atoms with E-state index in [1.807, 2.05) is 60.7 Å². The van der Waals surface area contributed by atoms with E-state index >= 15 is 0 Å². The van der Waals surface area contributed by atoms with Crippen LogP contribution in [0.4, 0.5) is 5.69 Å². The Balaban J connectivity index is 1.57. The van der Waals surface area contributed by atoms with E-state index < -0.39 is 0 Å². The molecule has 0 amide bonds. The first-order chi connectivity index (χ1) is 14.7. The molecule has 0 fully saturated rings. The van der Waals surface area contributed by atoms with Crippen molar-refractivity contribution in [3.05, 3.63) is 78.1 Å². The first kappa shape index (κ1) is 21.0. The number of methoxy groups -OCH3 is 2. The van der Waals surface area contributed by atoms with Crippen LogP contribution in [0, 0.1) is 0 Å². The summed E-state index contributed by atoms with van der Waals surface area (Å²) in [5.41, 5.74) is 2.80. The number of anilines is 1. The van der Waals surface area contributed by atoms with Crippen LogP contribution in [0.2, 0.25) is 0 Å². The molecule has 30 heavy (non-hydrogen) atoms. The highest BCUT2D eigenvalue weighted by Crippen LogP contribution is 2.29. The summed E-state index contributed by atoms with van der Waals surface area (Å²) >= 11 is 0. The minimum Gasteiger partial charge on any atom is -0.493 e. The first-order valence-corrected chi connectivity index (χ1v) is 9.53. The maximum atomic E-state index is 5.85. The van der Waals surface area contributed by atoms with Crippen LogP contribution in [-0.2, 0) is 13.2 Å². The minimum atomic E-state index is 0.431. The van der Waals surface area contributed by atoms with Gasteiger partial charge in [0.05, 0.1) is 19.9 Å². The average Bonchev–Trinajstić information content (AvgIpc) is 2.81. The third-order valence-corrected chi connectivity index (χ3v) is 4.34. The zero-order valence-electron chi connectivity index (χ0n) is 17.4. The highest BCUT2D eigenvalue weighted by Gasteiger charge is 2.07. The number of aromatic nitrogens is 1. The molecule has 0 aliphatic carbocycles. The molecular weight excluding hydrogens is 380 g/mol.